The van der Waals surface area contributed by atoms with Crippen molar-refractivity contribution in [1.82, 2.24) is 0 Å². The van der Waals surface area contributed by atoms with E-state index < -0.39 is 97.5 Å². The smallest absolute Gasteiger partial charge is 0.462 e. The molecule has 618 valence electrons. The van der Waals surface area contributed by atoms with Crippen molar-refractivity contribution < 1.29 is 80.2 Å². The topological polar surface area (TPSA) is 237 Å². The Morgan fingerprint density at radius 2 is 0.490 bits per heavy atom. The van der Waals surface area contributed by atoms with Crippen molar-refractivity contribution in [1.29, 1.82) is 0 Å². The van der Waals surface area contributed by atoms with Gasteiger partial charge in [0.25, 0.3) is 0 Å². The molecule has 0 amide bonds. The minimum absolute atomic E-state index is 0.106. The van der Waals surface area contributed by atoms with Crippen LogP contribution in [0.1, 0.15) is 452 Å². The molecule has 0 aromatic heterocycles. The first-order valence-corrected chi connectivity index (χ1v) is 47.0. The summed E-state index contributed by atoms with van der Waals surface area (Å²) in [5, 5.41) is 10.6. The predicted octanol–water partition coefficient (Wildman–Crippen LogP) is 25.8. The molecule has 3 unspecified atom stereocenters. The average Bonchev–Trinajstić information content (AvgIpc) is 0.933. The first-order chi connectivity index (χ1) is 50.4. The summed E-state index contributed by atoms with van der Waals surface area (Å²) in [6, 6.07) is 0. The summed E-state index contributed by atoms with van der Waals surface area (Å²) >= 11 is 0. The van der Waals surface area contributed by atoms with Crippen LogP contribution in [0.15, 0.2) is 0 Å². The van der Waals surface area contributed by atoms with E-state index in [4.69, 9.17) is 37.0 Å². The quantitative estimate of drug-likeness (QED) is 0.0222. The van der Waals surface area contributed by atoms with E-state index in [2.05, 4.69) is 41.5 Å². The van der Waals surface area contributed by atoms with E-state index in [0.717, 1.165) is 108 Å². The zero-order valence-electron chi connectivity index (χ0n) is 68.3. The van der Waals surface area contributed by atoms with E-state index in [9.17, 15) is 43.2 Å². The van der Waals surface area contributed by atoms with Gasteiger partial charge in [-0.15, -0.1) is 0 Å². The van der Waals surface area contributed by atoms with E-state index in [-0.39, 0.29) is 25.7 Å². The highest BCUT2D eigenvalue weighted by Crippen LogP contribution is 2.45. The molecule has 0 rings (SSSR count). The maximum absolute atomic E-state index is 13.1. The number of hydrogen-bond donors (Lipinski definition) is 3. The number of ether oxygens (including phenoxy) is 4. The maximum Gasteiger partial charge on any atom is 0.472 e. The third-order valence-electron chi connectivity index (χ3n) is 20.3. The van der Waals surface area contributed by atoms with E-state index in [1.54, 1.807) is 0 Å². The van der Waals surface area contributed by atoms with Crippen LogP contribution in [0, 0.1) is 11.8 Å². The Morgan fingerprint density at radius 1 is 0.279 bits per heavy atom. The monoisotopic (exact) mass is 1520 g/mol. The molecule has 0 aliphatic rings. The molecule has 17 nitrogen and oxygen atoms in total. The van der Waals surface area contributed by atoms with E-state index >= 15 is 0 Å². The lowest BCUT2D eigenvalue weighted by molar-refractivity contribution is -0.161. The van der Waals surface area contributed by atoms with Crippen LogP contribution in [0.3, 0.4) is 0 Å². The van der Waals surface area contributed by atoms with Crippen LogP contribution in [0.2, 0.25) is 0 Å². The second-order valence-corrected chi connectivity index (χ2v) is 34.2. The fourth-order valence-corrected chi connectivity index (χ4v) is 14.8. The summed E-state index contributed by atoms with van der Waals surface area (Å²) in [7, 11) is -9.92. The van der Waals surface area contributed by atoms with Crippen molar-refractivity contribution in [2.75, 3.05) is 39.6 Å². The highest BCUT2D eigenvalue weighted by atomic mass is 31.2. The Hall–Kier alpha value is -1.94. The zero-order valence-corrected chi connectivity index (χ0v) is 70.1. The van der Waals surface area contributed by atoms with Crippen LogP contribution >= 0.6 is 15.6 Å². The number of phosphoric acid groups is 2. The normalized spacial score (nSPS) is 14.1. The Labute approximate surface area is 638 Å². The van der Waals surface area contributed by atoms with Gasteiger partial charge in [-0.25, -0.2) is 9.13 Å². The van der Waals surface area contributed by atoms with E-state index in [0.29, 0.717) is 25.7 Å². The second-order valence-electron chi connectivity index (χ2n) is 31.3. The molecule has 0 radical (unpaired) electrons. The van der Waals surface area contributed by atoms with E-state index in [1.807, 2.05) is 0 Å². The molecule has 0 saturated carbocycles. The Morgan fingerprint density at radius 3 is 0.731 bits per heavy atom. The third-order valence-corrected chi connectivity index (χ3v) is 22.2. The second kappa shape index (κ2) is 76.4. The summed E-state index contributed by atoms with van der Waals surface area (Å²) in [5.41, 5.74) is 0. The van der Waals surface area contributed by atoms with Crippen LogP contribution in [0.5, 0.6) is 0 Å². The number of hydrogen-bond acceptors (Lipinski definition) is 15. The summed E-state index contributed by atoms with van der Waals surface area (Å²) in [5.74, 6) is -0.485. The van der Waals surface area contributed by atoms with Crippen molar-refractivity contribution >= 4 is 39.5 Å². The average molecular weight is 1520 g/mol. The Balaban J connectivity index is 5.17. The lowest BCUT2D eigenvalue weighted by Gasteiger charge is -2.21. The van der Waals surface area contributed by atoms with E-state index in [1.165, 1.54) is 263 Å². The molecule has 0 fully saturated rings. The number of carbonyl (C=O) groups is 4. The predicted molar refractivity (Wildman–Crippen MR) is 428 cm³/mol. The standard InChI is InChI=1S/C85H166O17P2/c1-7-10-12-14-16-18-19-20-21-22-23-24-25-29-32-35-38-44-50-56-62-68-83(88)96-74-81(102-84(89)69-63-57-51-45-39-36-33-30-27-26-28-31-34-37-43-48-54-60-66-78(6)9-3)76-100-104(93,94)98-72-79(86)71-97-103(91,92)99-75-80(73-95-82(87)67-61-55-49-17-15-13-11-8-2)101-85(90)70-64-58-52-46-41-40-42-47-53-59-65-77(4)5/h77-81,86H,7-76H2,1-6H3,(H,91,92)(H,93,94)/t78?,79-,80+,81+/m0/s1. The number of phosphoric ester groups is 2. The molecule has 19 heteroatoms. The number of unbranched alkanes of at least 4 members (excludes halogenated alkanes) is 53. The molecule has 0 saturated heterocycles. The van der Waals surface area contributed by atoms with Crippen LogP contribution in [-0.2, 0) is 65.4 Å². The SMILES string of the molecule is CCCCCCCCCCCCCCCCCCCCCCCC(=O)OC[C@H](COP(=O)(O)OC[C@@H](O)COP(=O)(O)OC[C@@H](COC(=O)CCCCCCCCCC)OC(=O)CCCCCCCCCCCCC(C)C)OC(=O)CCCCCCCCCCCCCCCCCCCCC(C)CC. The molecule has 0 bridgehead atoms. The molecule has 6 atom stereocenters. The van der Waals surface area contributed by atoms with Crippen molar-refractivity contribution in [2.45, 2.75) is 471 Å². The van der Waals surface area contributed by atoms with Crippen molar-refractivity contribution in [2.24, 2.45) is 11.8 Å². The summed E-state index contributed by atoms with van der Waals surface area (Å²) in [6.45, 7) is 9.68. The minimum atomic E-state index is -4.96. The lowest BCUT2D eigenvalue weighted by atomic mass is 9.99. The van der Waals surface area contributed by atoms with Crippen molar-refractivity contribution in [3.63, 3.8) is 0 Å². The van der Waals surface area contributed by atoms with Crippen molar-refractivity contribution in [3.8, 4) is 0 Å². The molecular formula is C85H166O17P2. The highest BCUT2D eigenvalue weighted by molar-refractivity contribution is 7.47. The molecule has 3 N–H and O–H groups in total. The Kier molecular flexibility index (Phi) is 75.0. The molecule has 0 aliphatic carbocycles. The highest BCUT2D eigenvalue weighted by Gasteiger charge is 2.30. The van der Waals surface area contributed by atoms with Gasteiger partial charge in [-0.3, -0.25) is 37.3 Å². The molecular weight excluding hydrogens is 1350 g/mol. The first kappa shape index (κ1) is 102. The Bertz CT molecular complexity index is 2000. The van der Waals surface area contributed by atoms with Gasteiger partial charge in [-0.1, -0.05) is 401 Å². The number of carbonyl (C=O) groups excluding carboxylic acids is 4. The summed E-state index contributed by atoms with van der Waals surface area (Å²) in [6.07, 6.45) is 68.3. The largest absolute Gasteiger partial charge is 0.472 e. The van der Waals surface area contributed by atoms with Crippen molar-refractivity contribution in [3.05, 3.63) is 0 Å². The maximum atomic E-state index is 13.1. The van der Waals surface area contributed by atoms with Crippen LogP contribution in [0.25, 0.3) is 0 Å². The van der Waals surface area contributed by atoms with Gasteiger partial charge >= 0.3 is 39.5 Å². The number of rotatable bonds is 84. The van der Waals surface area contributed by atoms with Gasteiger partial charge in [-0.05, 0) is 37.5 Å². The van der Waals surface area contributed by atoms with Gasteiger partial charge in [-0.2, -0.15) is 0 Å². The zero-order chi connectivity index (χ0) is 76.4. The molecule has 0 spiro atoms. The van der Waals surface area contributed by atoms with Gasteiger partial charge in [0.2, 0.25) is 0 Å². The minimum Gasteiger partial charge on any atom is -0.462 e. The molecule has 0 aromatic rings. The summed E-state index contributed by atoms with van der Waals surface area (Å²) < 4.78 is 68.7. The fourth-order valence-electron chi connectivity index (χ4n) is 13.2. The first-order valence-electron chi connectivity index (χ1n) is 44.0. The molecule has 0 heterocycles. The fraction of sp³-hybridized carbons (Fsp3) is 0.953. The number of esters is 4. The number of aliphatic hydroxyl groups is 1. The summed E-state index contributed by atoms with van der Waals surface area (Å²) in [4.78, 5) is 73.0. The third kappa shape index (κ3) is 76.8. The van der Waals surface area contributed by atoms with Crippen LogP contribution < -0.4 is 0 Å². The van der Waals surface area contributed by atoms with Gasteiger partial charge in [0.15, 0.2) is 12.2 Å². The van der Waals surface area contributed by atoms with Gasteiger partial charge in [0.05, 0.1) is 26.4 Å². The lowest BCUT2D eigenvalue weighted by Crippen LogP contribution is -2.30. The number of aliphatic hydroxyl groups excluding tert-OH is 1. The molecule has 0 aliphatic heterocycles. The van der Waals surface area contributed by atoms with Gasteiger partial charge in [0.1, 0.15) is 19.3 Å². The molecule has 0 aromatic carbocycles. The van der Waals surface area contributed by atoms with Crippen LogP contribution in [-0.4, -0.2) is 96.7 Å². The van der Waals surface area contributed by atoms with Gasteiger partial charge < -0.3 is 33.8 Å². The van der Waals surface area contributed by atoms with Crippen LogP contribution in [0.4, 0.5) is 0 Å². The molecule has 104 heavy (non-hydrogen) atoms. The van der Waals surface area contributed by atoms with Gasteiger partial charge in [0, 0.05) is 25.7 Å².